The molecule has 16 heteroatoms. The summed E-state index contributed by atoms with van der Waals surface area (Å²) in [6.45, 7) is 1.02. The van der Waals surface area contributed by atoms with Gasteiger partial charge in [-0.3, -0.25) is 13.8 Å². The Morgan fingerprint density at radius 2 is 1.62 bits per heavy atom. The molecule has 0 spiro atoms. The van der Waals surface area contributed by atoms with E-state index in [0.29, 0.717) is 0 Å². The standard InChI is InChI=1S/C16H12F4O10S2/c1-3(21)28-11-4-2-5-12(11)30-32(26,27)14(5)6(4)16(22)29-13-7(17)9(19)15(31(23,24)25)10(20)8(13)18/h4-6,11-12,14H,2H2,1H3,(H,23,24,25)/p-1. The van der Waals surface area contributed by atoms with E-state index in [9.17, 15) is 48.5 Å². The third kappa shape index (κ3) is 3.19. The molecular formula is C16H11F4O10S2-. The second-order valence-electron chi connectivity index (χ2n) is 7.47. The van der Waals surface area contributed by atoms with Crippen LogP contribution in [0.3, 0.4) is 0 Å². The van der Waals surface area contributed by atoms with E-state index < -0.39 is 101 Å². The van der Waals surface area contributed by atoms with Gasteiger partial charge in [0.15, 0.2) is 11.6 Å². The van der Waals surface area contributed by atoms with Gasteiger partial charge < -0.3 is 14.0 Å². The largest absolute Gasteiger partial charge is 0.744 e. The van der Waals surface area contributed by atoms with Gasteiger partial charge in [0.1, 0.15) is 32.5 Å². The first-order chi connectivity index (χ1) is 14.7. The van der Waals surface area contributed by atoms with E-state index in [1.807, 2.05) is 0 Å². The van der Waals surface area contributed by atoms with Crippen molar-refractivity contribution in [2.75, 3.05) is 0 Å². The van der Waals surface area contributed by atoms with E-state index in [1.54, 1.807) is 0 Å². The fourth-order valence-corrected chi connectivity index (χ4v) is 7.39. The number of carbonyl (C=O) groups excluding carboxylic acids is 2. The van der Waals surface area contributed by atoms with Crippen molar-refractivity contribution in [3.8, 4) is 5.75 Å². The predicted octanol–water partition coefficient (Wildman–Crippen LogP) is 0.347. The summed E-state index contributed by atoms with van der Waals surface area (Å²) in [7, 11) is -10.4. The Morgan fingerprint density at radius 3 is 2.12 bits per heavy atom. The lowest BCUT2D eigenvalue weighted by molar-refractivity contribution is -0.159. The molecule has 32 heavy (non-hydrogen) atoms. The number of carbonyl (C=O) groups is 2. The van der Waals surface area contributed by atoms with Crippen molar-refractivity contribution in [2.45, 2.75) is 35.7 Å². The summed E-state index contributed by atoms with van der Waals surface area (Å²) in [6.07, 6.45) is -2.28. The number of hydrogen-bond donors (Lipinski definition) is 0. The molecular weight excluding hydrogens is 492 g/mol. The number of hydrogen-bond acceptors (Lipinski definition) is 10. The third-order valence-electron chi connectivity index (χ3n) is 5.74. The van der Waals surface area contributed by atoms with Crippen molar-refractivity contribution in [2.24, 2.45) is 17.8 Å². The molecule has 0 radical (unpaired) electrons. The SMILES string of the molecule is CC(=O)OC1C2CC3C1OS(=O)(=O)C3C2C(=O)Oc1c(F)c(F)c(S(=O)(=O)[O-])c(F)c1F. The number of benzene rings is 1. The van der Waals surface area contributed by atoms with Crippen LogP contribution in [0.5, 0.6) is 5.75 Å². The average molecular weight is 503 g/mol. The molecule has 2 aliphatic carbocycles. The van der Waals surface area contributed by atoms with Gasteiger partial charge in [-0.1, -0.05) is 0 Å². The highest BCUT2D eigenvalue weighted by molar-refractivity contribution is 7.87. The number of fused-ring (bicyclic) bond motifs is 1. The van der Waals surface area contributed by atoms with Gasteiger partial charge in [-0.25, -0.2) is 17.2 Å². The Kier molecular flexibility index (Phi) is 5.07. The molecule has 3 fully saturated rings. The average Bonchev–Trinajstić information content (AvgIpc) is 3.24. The van der Waals surface area contributed by atoms with E-state index in [0.717, 1.165) is 6.92 Å². The monoisotopic (exact) mass is 503 g/mol. The minimum Gasteiger partial charge on any atom is -0.744 e. The molecule has 10 nitrogen and oxygen atoms in total. The maximum atomic E-state index is 14.2. The zero-order valence-corrected chi connectivity index (χ0v) is 17.2. The lowest BCUT2D eigenvalue weighted by atomic mass is 9.84. The van der Waals surface area contributed by atoms with Crippen LogP contribution < -0.4 is 4.74 Å². The van der Waals surface area contributed by atoms with Gasteiger partial charge in [0.05, 0.1) is 5.92 Å². The van der Waals surface area contributed by atoms with Crippen molar-refractivity contribution in [3.05, 3.63) is 23.3 Å². The minimum absolute atomic E-state index is 0.00727. The Labute approximate surface area is 177 Å². The van der Waals surface area contributed by atoms with Crippen LogP contribution in [-0.4, -0.2) is 50.8 Å². The summed E-state index contributed by atoms with van der Waals surface area (Å²) in [4.78, 5) is 21.6. The number of halogens is 4. The van der Waals surface area contributed by atoms with Crippen LogP contribution >= 0.6 is 0 Å². The summed E-state index contributed by atoms with van der Waals surface area (Å²) < 4.78 is 128. The summed E-state index contributed by atoms with van der Waals surface area (Å²) in [6, 6.07) is 0. The van der Waals surface area contributed by atoms with E-state index in [-0.39, 0.29) is 6.42 Å². The highest BCUT2D eigenvalue weighted by Crippen LogP contribution is 2.58. The topological polar surface area (TPSA) is 153 Å². The highest BCUT2D eigenvalue weighted by Gasteiger charge is 2.72. The predicted molar refractivity (Wildman–Crippen MR) is 88.1 cm³/mol. The van der Waals surface area contributed by atoms with Crippen LogP contribution in [0, 0.1) is 41.0 Å². The number of rotatable bonds is 4. The normalized spacial score (nSPS) is 32.2. The fourth-order valence-electron chi connectivity index (χ4n) is 4.71. The van der Waals surface area contributed by atoms with Crippen molar-refractivity contribution in [1.29, 1.82) is 0 Å². The van der Waals surface area contributed by atoms with Crippen molar-refractivity contribution >= 4 is 32.2 Å². The smallest absolute Gasteiger partial charge is 0.316 e. The van der Waals surface area contributed by atoms with Crippen LogP contribution in [0.1, 0.15) is 13.3 Å². The molecule has 6 unspecified atom stereocenters. The van der Waals surface area contributed by atoms with E-state index in [1.165, 1.54) is 0 Å². The first-order valence-electron chi connectivity index (χ1n) is 8.79. The molecule has 1 aromatic rings. The van der Waals surface area contributed by atoms with E-state index in [4.69, 9.17) is 8.92 Å². The molecule has 0 amide bonds. The third-order valence-corrected chi connectivity index (χ3v) is 8.40. The van der Waals surface area contributed by atoms with Crippen LogP contribution in [0.15, 0.2) is 4.90 Å². The Balaban J connectivity index is 1.73. The highest BCUT2D eigenvalue weighted by atomic mass is 32.2. The van der Waals surface area contributed by atoms with Gasteiger partial charge in [-0.2, -0.15) is 17.2 Å². The first kappa shape index (κ1) is 22.9. The molecule has 0 aromatic heterocycles. The lowest BCUT2D eigenvalue weighted by Crippen LogP contribution is -2.46. The van der Waals surface area contributed by atoms with Gasteiger partial charge in [-0.05, 0) is 6.42 Å². The molecule has 1 aromatic carbocycles. The Hall–Kier alpha value is -2.30. The van der Waals surface area contributed by atoms with Crippen LogP contribution in [-0.2, 0) is 38.7 Å². The minimum atomic E-state index is -5.98. The molecule has 6 atom stereocenters. The molecule has 3 aliphatic rings. The van der Waals surface area contributed by atoms with Crippen molar-refractivity contribution in [3.63, 3.8) is 0 Å². The molecule has 2 bridgehead atoms. The fraction of sp³-hybridized carbons (Fsp3) is 0.500. The molecule has 1 aliphatic heterocycles. The van der Waals surface area contributed by atoms with Crippen LogP contribution in [0.4, 0.5) is 17.6 Å². The lowest BCUT2D eigenvalue weighted by Gasteiger charge is -2.29. The summed E-state index contributed by atoms with van der Waals surface area (Å²) in [5.74, 6) is -18.2. The van der Waals surface area contributed by atoms with Gasteiger partial charge in [-0.15, -0.1) is 0 Å². The molecule has 0 N–H and O–H groups in total. The van der Waals surface area contributed by atoms with Crippen LogP contribution in [0.25, 0.3) is 0 Å². The Bertz CT molecular complexity index is 1230. The Morgan fingerprint density at radius 1 is 1.06 bits per heavy atom. The van der Waals surface area contributed by atoms with E-state index in [2.05, 4.69) is 4.74 Å². The molecule has 1 heterocycles. The first-order valence-corrected chi connectivity index (χ1v) is 11.7. The number of ether oxygens (including phenoxy) is 2. The summed E-state index contributed by atoms with van der Waals surface area (Å²) in [5, 5.41) is -1.53. The number of esters is 2. The molecule has 1 saturated heterocycles. The van der Waals surface area contributed by atoms with Gasteiger partial charge in [0.2, 0.25) is 17.4 Å². The molecule has 176 valence electrons. The zero-order valence-electron chi connectivity index (χ0n) is 15.6. The van der Waals surface area contributed by atoms with Crippen molar-refractivity contribution in [1.82, 2.24) is 0 Å². The van der Waals surface area contributed by atoms with Gasteiger partial charge in [0.25, 0.3) is 10.1 Å². The second-order valence-corrected chi connectivity index (χ2v) is 10.5. The molecule has 2 saturated carbocycles. The zero-order chi connectivity index (χ0) is 23.9. The summed E-state index contributed by atoms with van der Waals surface area (Å²) >= 11 is 0. The van der Waals surface area contributed by atoms with Crippen LogP contribution in [0.2, 0.25) is 0 Å². The van der Waals surface area contributed by atoms with Gasteiger partial charge in [0, 0.05) is 18.8 Å². The van der Waals surface area contributed by atoms with Gasteiger partial charge >= 0.3 is 11.9 Å². The van der Waals surface area contributed by atoms with Crippen molar-refractivity contribution < 1.29 is 62.2 Å². The maximum Gasteiger partial charge on any atom is 0.316 e. The summed E-state index contributed by atoms with van der Waals surface area (Å²) in [5.41, 5.74) is 0. The quantitative estimate of drug-likeness (QED) is 0.140. The second kappa shape index (κ2) is 7.10. The maximum absolute atomic E-state index is 14.2. The van der Waals surface area contributed by atoms with E-state index >= 15 is 0 Å². The molecule has 4 rings (SSSR count).